The maximum absolute atomic E-state index is 12.6. The van der Waals surface area contributed by atoms with Crippen LogP contribution < -0.4 is 4.72 Å². The third-order valence-electron chi connectivity index (χ3n) is 3.26. The Kier molecular flexibility index (Phi) is 4.06. The molecule has 112 valence electrons. The van der Waals surface area contributed by atoms with Crippen LogP contribution >= 0.6 is 15.9 Å². The molecule has 1 aromatic carbocycles. The molecule has 1 fully saturated rings. The minimum absolute atomic E-state index is 0.301. The van der Waals surface area contributed by atoms with Crippen molar-refractivity contribution in [2.24, 2.45) is 0 Å². The van der Waals surface area contributed by atoms with Crippen molar-refractivity contribution in [1.82, 2.24) is 4.72 Å². The monoisotopic (exact) mass is 361 g/mol. The predicted molar refractivity (Wildman–Crippen MR) is 82.1 cm³/mol. The molecule has 0 aromatic heterocycles. The molecule has 0 amide bonds. The van der Waals surface area contributed by atoms with Crippen LogP contribution in [0.25, 0.3) is 0 Å². The number of ether oxygens (including phenoxy) is 1. The average molecular weight is 362 g/mol. The van der Waals surface area contributed by atoms with Crippen LogP contribution in [0.2, 0.25) is 0 Å². The minimum Gasteiger partial charge on any atom is -0.373 e. The highest BCUT2D eigenvalue weighted by Gasteiger charge is 2.48. The Bertz CT molecular complexity index is 616. The van der Waals surface area contributed by atoms with Crippen LogP contribution in [-0.4, -0.2) is 21.1 Å². The fourth-order valence-electron chi connectivity index (χ4n) is 2.25. The molecule has 1 aromatic rings. The number of benzene rings is 1. The lowest BCUT2D eigenvalue weighted by atomic mass is 10.1. The van der Waals surface area contributed by atoms with Crippen LogP contribution in [0.4, 0.5) is 0 Å². The molecule has 1 saturated carbocycles. The van der Waals surface area contributed by atoms with Crippen LogP contribution in [0.1, 0.15) is 39.2 Å². The fraction of sp³-hybridized carbons (Fsp3) is 0.571. The predicted octanol–water partition coefficient (Wildman–Crippen LogP) is 3.16. The number of rotatable bonds is 4. The van der Waals surface area contributed by atoms with Crippen molar-refractivity contribution >= 4 is 26.0 Å². The van der Waals surface area contributed by atoms with Crippen LogP contribution in [0.5, 0.6) is 0 Å². The van der Waals surface area contributed by atoms with Gasteiger partial charge in [-0.3, -0.25) is 0 Å². The second-order valence-corrected chi connectivity index (χ2v) is 8.76. The van der Waals surface area contributed by atoms with Crippen molar-refractivity contribution in [1.29, 1.82) is 0 Å². The number of halogens is 1. The molecule has 4 nitrogen and oxygen atoms in total. The van der Waals surface area contributed by atoms with E-state index in [1.165, 1.54) is 0 Å². The van der Waals surface area contributed by atoms with E-state index in [0.717, 1.165) is 22.9 Å². The number of sulfonamides is 1. The van der Waals surface area contributed by atoms with Gasteiger partial charge in [-0.1, -0.05) is 15.9 Å². The number of hydrogen-bond donors (Lipinski definition) is 1. The first-order valence-corrected chi connectivity index (χ1v) is 8.76. The van der Waals surface area contributed by atoms with Gasteiger partial charge in [-0.15, -0.1) is 0 Å². The quantitative estimate of drug-likeness (QED) is 0.895. The van der Waals surface area contributed by atoms with Gasteiger partial charge >= 0.3 is 0 Å². The average Bonchev–Trinajstić information content (AvgIpc) is 3.05. The lowest BCUT2D eigenvalue weighted by molar-refractivity contribution is 0.0764. The van der Waals surface area contributed by atoms with Gasteiger partial charge in [0.25, 0.3) is 0 Å². The summed E-state index contributed by atoms with van der Waals surface area (Å²) in [7, 11) is -1.94. The standard InChI is InChI=1S/C14H20BrNO3S/c1-13(2,3)16-20(17,18)12-6-5-10(15)9-11(12)14(19-4)7-8-14/h5-6,9,16H,7-8H2,1-4H3. The van der Waals surface area contributed by atoms with Crippen LogP contribution in [0, 0.1) is 0 Å². The van der Waals surface area contributed by atoms with Crippen LogP contribution in [-0.2, 0) is 20.4 Å². The third kappa shape index (κ3) is 3.24. The number of hydrogen-bond acceptors (Lipinski definition) is 3. The Morgan fingerprint density at radius 1 is 1.30 bits per heavy atom. The summed E-state index contributed by atoms with van der Waals surface area (Å²) in [5.41, 5.74) is -0.246. The molecule has 20 heavy (non-hydrogen) atoms. The van der Waals surface area contributed by atoms with Gasteiger partial charge in [0, 0.05) is 22.7 Å². The lowest BCUT2D eigenvalue weighted by Crippen LogP contribution is -2.41. The molecule has 0 heterocycles. The van der Waals surface area contributed by atoms with Gasteiger partial charge in [0.2, 0.25) is 10.0 Å². The molecule has 1 aliphatic rings. The van der Waals surface area contributed by atoms with Gasteiger partial charge in [0.1, 0.15) is 0 Å². The van der Waals surface area contributed by atoms with Gasteiger partial charge in [-0.05, 0) is 51.8 Å². The van der Waals surface area contributed by atoms with Crippen LogP contribution in [0.15, 0.2) is 27.6 Å². The summed E-state index contributed by atoms with van der Waals surface area (Å²) in [4.78, 5) is 0.301. The normalized spacial score (nSPS) is 18.1. The van der Waals surface area contributed by atoms with Gasteiger partial charge in [0.15, 0.2) is 0 Å². The number of methoxy groups -OCH3 is 1. The highest BCUT2D eigenvalue weighted by molar-refractivity contribution is 9.10. The highest BCUT2D eigenvalue weighted by Crippen LogP contribution is 2.51. The topological polar surface area (TPSA) is 55.4 Å². The van der Waals surface area contributed by atoms with E-state index in [2.05, 4.69) is 20.7 Å². The first-order chi connectivity index (χ1) is 9.10. The van der Waals surface area contributed by atoms with Crippen molar-refractivity contribution < 1.29 is 13.2 Å². The van der Waals surface area contributed by atoms with Gasteiger partial charge in [0.05, 0.1) is 10.5 Å². The molecular formula is C14H20BrNO3S. The van der Waals surface area contributed by atoms with Gasteiger partial charge in [-0.2, -0.15) is 0 Å². The smallest absolute Gasteiger partial charge is 0.241 e. The Hall–Kier alpha value is -0.430. The highest BCUT2D eigenvalue weighted by atomic mass is 79.9. The molecular weight excluding hydrogens is 342 g/mol. The second-order valence-electron chi connectivity index (χ2n) is 6.19. The molecule has 0 bridgehead atoms. The Labute approximate surface area is 129 Å². The summed E-state index contributed by atoms with van der Waals surface area (Å²) >= 11 is 3.40. The zero-order chi connectivity index (χ0) is 15.2. The molecule has 1 aliphatic carbocycles. The zero-order valence-electron chi connectivity index (χ0n) is 12.2. The first kappa shape index (κ1) is 15.9. The molecule has 0 aliphatic heterocycles. The molecule has 1 N–H and O–H groups in total. The van der Waals surface area contributed by atoms with E-state index in [4.69, 9.17) is 4.74 Å². The third-order valence-corrected chi connectivity index (χ3v) is 5.57. The molecule has 0 atom stereocenters. The molecule has 6 heteroatoms. The van der Waals surface area contributed by atoms with E-state index in [1.54, 1.807) is 19.2 Å². The second kappa shape index (κ2) is 5.09. The lowest BCUT2D eigenvalue weighted by Gasteiger charge is -2.24. The van der Waals surface area contributed by atoms with Crippen molar-refractivity contribution in [3.63, 3.8) is 0 Å². The van der Waals surface area contributed by atoms with Crippen molar-refractivity contribution in [3.8, 4) is 0 Å². The van der Waals surface area contributed by atoms with Gasteiger partial charge < -0.3 is 4.74 Å². The number of nitrogens with one attached hydrogen (secondary N) is 1. The Morgan fingerprint density at radius 3 is 2.35 bits per heavy atom. The SMILES string of the molecule is COC1(c2cc(Br)ccc2S(=O)(=O)NC(C)(C)C)CC1. The Balaban J connectivity index is 2.53. The van der Waals surface area contributed by atoms with E-state index < -0.39 is 21.2 Å². The summed E-state index contributed by atoms with van der Waals surface area (Å²) in [6, 6.07) is 5.22. The summed E-state index contributed by atoms with van der Waals surface area (Å²) in [5, 5.41) is 0. The fourth-order valence-corrected chi connectivity index (χ4v) is 4.31. The maximum atomic E-state index is 12.6. The molecule has 2 rings (SSSR count). The van der Waals surface area contributed by atoms with E-state index in [-0.39, 0.29) is 0 Å². The van der Waals surface area contributed by atoms with E-state index in [9.17, 15) is 8.42 Å². The van der Waals surface area contributed by atoms with Crippen LogP contribution in [0.3, 0.4) is 0 Å². The van der Waals surface area contributed by atoms with Crippen molar-refractivity contribution in [2.75, 3.05) is 7.11 Å². The van der Waals surface area contributed by atoms with E-state index in [1.807, 2.05) is 26.8 Å². The zero-order valence-corrected chi connectivity index (χ0v) is 14.6. The minimum atomic E-state index is -3.57. The Morgan fingerprint density at radius 2 is 1.90 bits per heavy atom. The van der Waals surface area contributed by atoms with Crippen molar-refractivity contribution in [3.05, 3.63) is 28.2 Å². The van der Waals surface area contributed by atoms with Gasteiger partial charge in [-0.25, -0.2) is 13.1 Å². The summed E-state index contributed by atoms with van der Waals surface area (Å²) in [5.74, 6) is 0. The maximum Gasteiger partial charge on any atom is 0.241 e. The summed E-state index contributed by atoms with van der Waals surface area (Å²) in [6.07, 6.45) is 1.69. The molecule has 0 radical (unpaired) electrons. The van der Waals surface area contributed by atoms with E-state index >= 15 is 0 Å². The van der Waals surface area contributed by atoms with E-state index in [0.29, 0.717) is 4.90 Å². The molecule has 0 spiro atoms. The summed E-state index contributed by atoms with van der Waals surface area (Å²) < 4.78 is 34.3. The molecule has 0 saturated heterocycles. The molecule has 0 unspecified atom stereocenters. The first-order valence-electron chi connectivity index (χ1n) is 6.49. The van der Waals surface area contributed by atoms with Crippen molar-refractivity contribution in [2.45, 2.75) is 49.6 Å². The largest absolute Gasteiger partial charge is 0.373 e. The summed E-state index contributed by atoms with van der Waals surface area (Å²) in [6.45, 7) is 5.48.